The first kappa shape index (κ1) is 16.3. The summed E-state index contributed by atoms with van der Waals surface area (Å²) < 4.78 is 6.31. The molecule has 0 saturated heterocycles. The maximum atomic E-state index is 11.4. The molecule has 0 aliphatic carbocycles. The lowest BCUT2D eigenvalue weighted by atomic mass is 10.2. The average Bonchev–Trinajstić information content (AvgIpc) is 2.96. The first-order valence-corrected chi connectivity index (χ1v) is 7.36. The van der Waals surface area contributed by atoms with E-state index in [9.17, 15) is 9.59 Å². The van der Waals surface area contributed by atoms with Crippen LogP contribution in [0.1, 0.15) is 16.1 Å². The van der Waals surface area contributed by atoms with Gasteiger partial charge in [0.15, 0.2) is 5.82 Å². The first-order chi connectivity index (χ1) is 12.1. The Morgan fingerprint density at radius 1 is 1.16 bits per heavy atom. The van der Waals surface area contributed by atoms with Gasteiger partial charge in [0.25, 0.3) is 0 Å². The van der Waals surface area contributed by atoms with Crippen LogP contribution >= 0.6 is 0 Å². The number of nitrogens with zero attached hydrogens (tertiary/aromatic N) is 4. The van der Waals surface area contributed by atoms with Gasteiger partial charge >= 0.3 is 11.9 Å². The van der Waals surface area contributed by atoms with E-state index in [4.69, 9.17) is 5.11 Å². The van der Waals surface area contributed by atoms with Crippen molar-refractivity contribution in [3.05, 3.63) is 59.9 Å². The Balaban J connectivity index is 1.94. The molecule has 3 aromatic rings. The van der Waals surface area contributed by atoms with Gasteiger partial charge in [-0.3, -0.25) is 9.20 Å². The second kappa shape index (κ2) is 6.91. The number of esters is 1. The first-order valence-electron chi connectivity index (χ1n) is 7.36. The second-order valence-corrected chi connectivity index (χ2v) is 5.12. The number of hydrogen-bond donors (Lipinski definition) is 1. The lowest BCUT2D eigenvalue weighted by molar-refractivity contribution is -0.136. The van der Waals surface area contributed by atoms with Crippen LogP contribution in [0.4, 0.5) is 11.5 Å². The standard InChI is InChI=1S/C17H14N4O4/c1-25-17(24)11-5-7-12(8-6-11)19-20-16-13(10-15(22)23)18-14-4-2-3-9-21(14)16/h2-9H,10H2,1H3,(H,22,23). The molecule has 0 unspecified atom stereocenters. The van der Waals surface area contributed by atoms with Crippen molar-refractivity contribution in [2.45, 2.75) is 6.42 Å². The summed E-state index contributed by atoms with van der Waals surface area (Å²) in [6, 6.07) is 11.8. The van der Waals surface area contributed by atoms with Crippen molar-refractivity contribution in [2.24, 2.45) is 10.2 Å². The molecule has 2 heterocycles. The van der Waals surface area contributed by atoms with E-state index in [0.29, 0.717) is 28.4 Å². The molecule has 0 aliphatic heterocycles. The molecule has 0 amide bonds. The average molecular weight is 338 g/mol. The summed E-state index contributed by atoms with van der Waals surface area (Å²) in [6.45, 7) is 0. The van der Waals surface area contributed by atoms with Gasteiger partial charge in [-0.25, -0.2) is 9.78 Å². The number of aromatic nitrogens is 2. The van der Waals surface area contributed by atoms with E-state index in [2.05, 4.69) is 19.9 Å². The number of carboxylic acids is 1. The van der Waals surface area contributed by atoms with Crippen LogP contribution in [0.15, 0.2) is 58.9 Å². The van der Waals surface area contributed by atoms with Crippen LogP contribution in [0, 0.1) is 0 Å². The van der Waals surface area contributed by atoms with E-state index < -0.39 is 11.9 Å². The molecule has 0 fully saturated rings. The Hall–Kier alpha value is -3.55. The third-order valence-electron chi connectivity index (χ3n) is 3.44. The molecule has 0 aliphatic rings. The molecule has 0 atom stereocenters. The minimum Gasteiger partial charge on any atom is -0.481 e. The zero-order valence-electron chi connectivity index (χ0n) is 13.3. The predicted octanol–water partition coefficient (Wildman–Crippen LogP) is 3.16. The van der Waals surface area contributed by atoms with Crippen molar-refractivity contribution in [1.82, 2.24) is 9.38 Å². The Bertz CT molecular complexity index is 960. The highest BCUT2D eigenvalue weighted by Crippen LogP contribution is 2.24. The maximum absolute atomic E-state index is 11.4. The number of hydrogen-bond acceptors (Lipinski definition) is 6. The number of carbonyl (C=O) groups is 2. The lowest BCUT2D eigenvalue weighted by Crippen LogP contribution is -2.00. The Kier molecular flexibility index (Phi) is 4.51. The zero-order chi connectivity index (χ0) is 17.8. The Morgan fingerprint density at radius 3 is 2.60 bits per heavy atom. The number of methoxy groups -OCH3 is 1. The van der Waals surface area contributed by atoms with E-state index in [1.54, 1.807) is 53.1 Å². The second-order valence-electron chi connectivity index (χ2n) is 5.12. The van der Waals surface area contributed by atoms with Crippen molar-refractivity contribution >= 4 is 29.1 Å². The topological polar surface area (TPSA) is 106 Å². The fourth-order valence-electron chi connectivity index (χ4n) is 2.29. The van der Waals surface area contributed by atoms with Crippen LogP contribution in [-0.2, 0) is 16.0 Å². The molecule has 0 bridgehead atoms. The number of ether oxygens (including phenoxy) is 1. The van der Waals surface area contributed by atoms with Crippen molar-refractivity contribution in [3.63, 3.8) is 0 Å². The molecule has 126 valence electrons. The quantitative estimate of drug-likeness (QED) is 0.568. The highest BCUT2D eigenvalue weighted by molar-refractivity contribution is 5.89. The van der Waals surface area contributed by atoms with Crippen LogP contribution in [0.3, 0.4) is 0 Å². The zero-order valence-corrected chi connectivity index (χ0v) is 13.3. The minimum atomic E-state index is -0.998. The van der Waals surface area contributed by atoms with Gasteiger partial charge in [-0.2, -0.15) is 0 Å². The summed E-state index contributed by atoms with van der Waals surface area (Å²) in [7, 11) is 1.31. The number of carbonyl (C=O) groups excluding carboxylic acids is 1. The Labute approximate surface area is 142 Å². The Morgan fingerprint density at radius 2 is 1.92 bits per heavy atom. The number of carboxylic acid groups (broad SMARTS) is 1. The molecule has 0 spiro atoms. The van der Waals surface area contributed by atoms with Crippen molar-refractivity contribution in [3.8, 4) is 0 Å². The summed E-state index contributed by atoms with van der Waals surface area (Å²) in [6.07, 6.45) is 1.49. The molecule has 0 radical (unpaired) electrons. The van der Waals surface area contributed by atoms with Crippen molar-refractivity contribution in [1.29, 1.82) is 0 Å². The molecule has 3 rings (SSSR count). The number of pyridine rings is 1. The van der Waals surface area contributed by atoms with Gasteiger partial charge in [0, 0.05) is 6.20 Å². The fourth-order valence-corrected chi connectivity index (χ4v) is 2.29. The normalized spacial score (nSPS) is 11.1. The molecule has 8 heteroatoms. The number of azo groups is 1. The lowest BCUT2D eigenvalue weighted by Gasteiger charge is -1.99. The minimum absolute atomic E-state index is 0.253. The molecular formula is C17H14N4O4. The van der Waals surface area contributed by atoms with Gasteiger partial charge in [0.2, 0.25) is 0 Å². The number of aliphatic carboxylic acids is 1. The maximum Gasteiger partial charge on any atom is 0.337 e. The van der Waals surface area contributed by atoms with E-state index in [1.807, 2.05) is 0 Å². The molecule has 8 nitrogen and oxygen atoms in total. The predicted molar refractivity (Wildman–Crippen MR) is 88.5 cm³/mol. The summed E-state index contributed by atoms with van der Waals surface area (Å²) in [5.41, 5.74) is 1.84. The van der Waals surface area contributed by atoms with Crippen LogP contribution < -0.4 is 0 Å². The van der Waals surface area contributed by atoms with Crippen molar-refractivity contribution in [2.75, 3.05) is 7.11 Å². The molecule has 2 aromatic heterocycles. The summed E-state index contributed by atoms with van der Waals surface area (Å²) in [4.78, 5) is 26.7. The summed E-state index contributed by atoms with van der Waals surface area (Å²) in [5, 5.41) is 17.3. The largest absolute Gasteiger partial charge is 0.481 e. The number of fused-ring (bicyclic) bond motifs is 1. The van der Waals surface area contributed by atoms with E-state index in [-0.39, 0.29) is 6.42 Å². The monoisotopic (exact) mass is 338 g/mol. The summed E-state index contributed by atoms with van der Waals surface area (Å²) >= 11 is 0. The van der Waals surface area contributed by atoms with E-state index >= 15 is 0 Å². The number of imidazole rings is 1. The van der Waals surface area contributed by atoms with Crippen LogP contribution in [0.2, 0.25) is 0 Å². The number of rotatable bonds is 5. The highest BCUT2D eigenvalue weighted by Gasteiger charge is 2.14. The van der Waals surface area contributed by atoms with Crippen LogP contribution in [-0.4, -0.2) is 33.5 Å². The third kappa shape index (κ3) is 3.52. The molecule has 1 N–H and O–H groups in total. The van der Waals surface area contributed by atoms with Gasteiger partial charge < -0.3 is 9.84 Å². The highest BCUT2D eigenvalue weighted by atomic mass is 16.5. The van der Waals surface area contributed by atoms with Gasteiger partial charge in [-0.05, 0) is 36.4 Å². The molecule has 25 heavy (non-hydrogen) atoms. The molecule has 0 saturated carbocycles. The smallest absolute Gasteiger partial charge is 0.337 e. The SMILES string of the molecule is COC(=O)c1ccc(N=Nc2c(CC(=O)O)nc3ccccn23)cc1. The molecular weight excluding hydrogens is 324 g/mol. The van der Waals surface area contributed by atoms with Gasteiger partial charge in [-0.1, -0.05) is 6.07 Å². The van der Waals surface area contributed by atoms with E-state index in [1.165, 1.54) is 7.11 Å². The number of benzene rings is 1. The van der Waals surface area contributed by atoms with Crippen LogP contribution in [0.5, 0.6) is 0 Å². The van der Waals surface area contributed by atoms with Crippen molar-refractivity contribution < 1.29 is 19.4 Å². The van der Waals surface area contributed by atoms with Gasteiger partial charge in [-0.15, -0.1) is 10.2 Å². The van der Waals surface area contributed by atoms with Gasteiger partial charge in [0.05, 0.1) is 30.5 Å². The van der Waals surface area contributed by atoms with Gasteiger partial charge in [0.1, 0.15) is 5.65 Å². The van der Waals surface area contributed by atoms with E-state index in [0.717, 1.165) is 0 Å². The third-order valence-corrected chi connectivity index (χ3v) is 3.44. The molecule has 1 aromatic carbocycles. The fraction of sp³-hybridized carbons (Fsp3) is 0.118. The summed E-state index contributed by atoms with van der Waals surface area (Å²) in [5.74, 6) is -1.08. The van der Waals surface area contributed by atoms with Crippen LogP contribution in [0.25, 0.3) is 5.65 Å².